The van der Waals surface area contributed by atoms with Crippen molar-refractivity contribution in [2.24, 2.45) is 5.10 Å². The van der Waals surface area contributed by atoms with E-state index in [9.17, 15) is 22.8 Å². The van der Waals surface area contributed by atoms with Gasteiger partial charge in [-0.1, -0.05) is 6.07 Å². The summed E-state index contributed by atoms with van der Waals surface area (Å²) in [5.74, 6) is -0.931. The average molecular weight is 472 g/mol. The number of halogens is 3. The summed E-state index contributed by atoms with van der Waals surface area (Å²) < 4.78 is 45.0. The van der Waals surface area contributed by atoms with Gasteiger partial charge >= 0.3 is 12.1 Å². The molecule has 0 bridgehead atoms. The number of carbonyl (C=O) groups excluding carboxylic acids is 2. The molecule has 0 aliphatic carbocycles. The van der Waals surface area contributed by atoms with Crippen molar-refractivity contribution in [3.63, 3.8) is 0 Å². The van der Waals surface area contributed by atoms with E-state index in [1.165, 1.54) is 25.5 Å². The Labute approximate surface area is 194 Å². The maximum Gasteiger partial charge on any atom is 0.416 e. The summed E-state index contributed by atoms with van der Waals surface area (Å²) in [4.78, 5) is 23.6. The topological polar surface area (TPSA) is 84.7 Å². The first-order valence-electron chi connectivity index (χ1n) is 10.2. The van der Waals surface area contributed by atoms with Crippen molar-refractivity contribution >= 4 is 23.8 Å². The van der Waals surface area contributed by atoms with Crippen molar-refractivity contribution in [1.82, 2.24) is 9.99 Å². The van der Waals surface area contributed by atoms with Gasteiger partial charge in [0.1, 0.15) is 0 Å². The van der Waals surface area contributed by atoms with Gasteiger partial charge in [-0.2, -0.15) is 18.3 Å². The molecule has 34 heavy (non-hydrogen) atoms. The van der Waals surface area contributed by atoms with Crippen molar-refractivity contribution in [3.05, 3.63) is 82.7 Å². The number of aromatic nitrogens is 1. The zero-order valence-electron chi connectivity index (χ0n) is 18.7. The summed E-state index contributed by atoms with van der Waals surface area (Å²) in [6, 6.07) is 13.4. The largest absolute Gasteiger partial charge is 0.465 e. The molecule has 0 unspecified atom stereocenters. The highest BCUT2D eigenvalue weighted by atomic mass is 19.4. The van der Waals surface area contributed by atoms with Gasteiger partial charge in [-0.15, -0.1) is 0 Å². The van der Waals surface area contributed by atoms with Gasteiger partial charge in [0.25, 0.3) is 5.91 Å². The second kappa shape index (κ2) is 10.2. The van der Waals surface area contributed by atoms with Crippen LogP contribution < -0.4 is 10.7 Å². The molecule has 1 aromatic heterocycles. The molecule has 3 aromatic rings. The van der Waals surface area contributed by atoms with Gasteiger partial charge in [-0.3, -0.25) is 4.79 Å². The predicted molar refractivity (Wildman–Crippen MR) is 122 cm³/mol. The Bertz CT molecular complexity index is 1220. The molecule has 7 nitrogen and oxygen atoms in total. The molecule has 0 saturated heterocycles. The number of ether oxygens (including phenoxy) is 1. The molecular formula is C24H23F3N4O3. The SMILES string of the molecule is COC(=O)c1ccc(-n2c(C)cc(/C=N\NC(=O)CNc3cccc(C(F)(F)F)c3)c2C)cc1. The van der Waals surface area contributed by atoms with Crippen molar-refractivity contribution in [1.29, 1.82) is 0 Å². The summed E-state index contributed by atoms with van der Waals surface area (Å²) in [5.41, 5.74) is 5.56. The summed E-state index contributed by atoms with van der Waals surface area (Å²) in [6.45, 7) is 3.56. The lowest BCUT2D eigenvalue weighted by molar-refractivity contribution is -0.137. The van der Waals surface area contributed by atoms with Crippen LogP contribution in [0.4, 0.5) is 18.9 Å². The molecule has 2 aromatic carbocycles. The molecule has 0 aliphatic heterocycles. The van der Waals surface area contributed by atoms with E-state index in [0.29, 0.717) is 5.56 Å². The Morgan fingerprint density at radius 2 is 1.79 bits per heavy atom. The number of aryl methyl sites for hydroxylation is 1. The van der Waals surface area contributed by atoms with E-state index in [1.807, 2.05) is 24.5 Å². The normalized spacial score (nSPS) is 11.5. The molecule has 10 heteroatoms. The van der Waals surface area contributed by atoms with Gasteiger partial charge in [0.05, 0.1) is 31.0 Å². The molecule has 1 amide bonds. The Hall–Kier alpha value is -4.08. The van der Waals surface area contributed by atoms with Crippen LogP contribution in [0.15, 0.2) is 59.7 Å². The highest BCUT2D eigenvalue weighted by molar-refractivity contribution is 5.89. The van der Waals surface area contributed by atoms with Crippen LogP contribution >= 0.6 is 0 Å². The predicted octanol–water partition coefficient (Wildman–Crippen LogP) is 4.46. The third-order valence-electron chi connectivity index (χ3n) is 5.05. The summed E-state index contributed by atoms with van der Waals surface area (Å²) >= 11 is 0. The number of amides is 1. The van der Waals surface area contributed by atoms with Crippen molar-refractivity contribution in [2.45, 2.75) is 20.0 Å². The van der Waals surface area contributed by atoms with E-state index in [4.69, 9.17) is 4.74 Å². The van der Waals surface area contributed by atoms with Crippen LogP contribution in [0.1, 0.15) is 32.9 Å². The lowest BCUT2D eigenvalue weighted by atomic mass is 10.2. The molecule has 0 radical (unpaired) electrons. The molecule has 0 saturated carbocycles. The summed E-state index contributed by atoms with van der Waals surface area (Å²) in [6.07, 6.45) is -2.97. The molecule has 0 fully saturated rings. The minimum absolute atomic E-state index is 0.177. The van der Waals surface area contributed by atoms with E-state index in [1.54, 1.807) is 24.3 Å². The number of hydrazone groups is 1. The average Bonchev–Trinajstić information content (AvgIpc) is 3.09. The lowest BCUT2D eigenvalue weighted by Crippen LogP contribution is -2.26. The van der Waals surface area contributed by atoms with Crippen LogP contribution in [0.5, 0.6) is 0 Å². The Morgan fingerprint density at radius 3 is 2.44 bits per heavy atom. The number of methoxy groups -OCH3 is 1. The number of rotatable bonds is 7. The zero-order valence-corrected chi connectivity index (χ0v) is 18.7. The number of anilines is 1. The van der Waals surface area contributed by atoms with Crippen molar-refractivity contribution in [3.8, 4) is 5.69 Å². The summed E-state index contributed by atoms with van der Waals surface area (Å²) in [5, 5.41) is 6.59. The molecule has 178 valence electrons. The standard InChI is InChI=1S/C24H23F3N4O3/c1-15-11-18(16(2)31(15)21-9-7-17(8-10-21)23(33)34-3)13-29-30-22(32)14-28-20-6-4-5-19(12-20)24(25,26)27/h4-13,28H,14H2,1-3H3,(H,30,32)/b29-13-. The number of nitrogens with zero attached hydrogens (tertiary/aromatic N) is 2. The number of benzene rings is 2. The lowest BCUT2D eigenvalue weighted by Gasteiger charge is -2.10. The van der Waals surface area contributed by atoms with Crippen LogP contribution in [-0.4, -0.2) is 36.3 Å². The molecule has 1 heterocycles. The zero-order chi connectivity index (χ0) is 24.9. The van der Waals surface area contributed by atoms with Gasteiger partial charge in [0.15, 0.2) is 0 Å². The Kier molecular flexibility index (Phi) is 7.40. The number of esters is 1. The Morgan fingerprint density at radius 1 is 1.09 bits per heavy atom. The highest BCUT2D eigenvalue weighted by Gasteiger charge is 2.30. The molecular weight excluding hydrogens is 449 g/mol. The van der Waals surface area contributed by atoms with Crippen LogP contribution in [0.25, 0.3) is 5.69 Å². The summed E-state index contributed by atoms with van der Waals surface area (Å²) in [7, 11) is 1.32. The van der Waals surface area contributed by atoms with Gasteiger partial charge in [0.2, 0.25) is 0 Å². The monoisotopic (exact) mass is 472 g/mol. The maximum atomic E-state index is 12.8. The van der Waals surface area contributed by atoms with Gasteiger partial charge < -0.3 is 14.6 Å². The smallest absolute Gasteiger partial charge is 0.416 e. The van der Waals surface area contributed by atoms with Crippen LogP contribution in [0.2, 0.25) is 0 Å². The first kappa shape index (κ1) is 24.6. The number of hydrogen-bond acceptors (Lipinski definition) is 5. The van der Waals surface area contributed by atoms with Crippen LogP contribution in [0.3, 0.4) is 0 Å². The van der Waals surface area contributed by atoms with E-state index in [-0.39, 0.29) is 12.2 Å². The first-order chi connectivity index (χ1) is 16.1. The van der Waals surface area contributed by atoms with Crippen LogP contribution in [-0.2, 0) is 15.7 Å². The maximum absolute atomic E-state index is 12.8. The second-order valence-corrected chi connectivity index (χ2v) is 7.43. The number of carbonyl (C=O) groups is 2. The van der Waals surface area contributed by atoms with E-state index >= 15 is 0 Å². The fourth-order valence-corrected chi connectivity index (χ4v) is 3.38. The fraction of sp³-hybridized carbons (Fsp3) is 0.208. The van der Waals surface area contributed by atoms with Crippen molar-refractivity contribution < 1.29 is 27.5 Å². The van der Waals surface area contributed by atoms with E-state index in [2.05, 4.69) is 15.8 Å². The van der Waals surface area contributed by atoms with Crippen LogP contribution in [0, 0.1) is 13.8 Å². The molecule has 0 aliphatic rings. The fourth-order valence-electron chi connectivity index (χ4n) is 3.38. The highest BCUT2D eigenvalue weighted by Crippen LogP contribution is 2.30. The third kappa shape index (κ3) is 5.83. The van der Waals surface area contributed by atoms with Gasteiger partial charge in [0, 0.05) is 28.3 Å². The van der Waals surface area contributed by atoms with Gasteiger partial charge in [-0.05, 0) is 62.4 Å². The van der Waals surface area contributed by atoms with E-state index < -0.39 is 23.6 Å². The van der Waals surface area contributed by atoms with Crippen molar-refractivity contribution in [2.75, 3.05) is 19.0 Å². The molecule has 3 rings (SSSR count). The number of nitrogens with one attached hydrogen (secondary N) is 2. The first-order valence-corrected chi connectivity index (χ1v) is 10.2. The second-order valence-electron chi connectivity index (χ2n) is 7.43. The van der Waals surface area contributed by atoms with Gasteiger partial charge in [-0.25, -0.2) is 10.2 Å². The molecule has 0 atom stereocenters. The molecule has 0 spiro atoms. The molecule has 2 N–H and O–H groups in total. The van der Waals surface area contributed by atoms with E-state index in [0.717, 1.165) is 34.8 Å². The minimum Gasteiger partial charge on any atom is -0.465 e. The quantitative estimate of drug-likeness (QED) is 0.302. The number of hydrogen-bond donors (Lipinski definition) is 2. The Balaban J connectivity index is 1.62. The minimum atomic E-state index is -4.46. The third-order valence-corrected chi connectivity index (χ3v) is 5.05. The number of alkyl halides is 3.